The number of hydrogen-bond donors (Lipinski definition) is 1. The smallest absolute Gasteiger partial charge is 0.0930 e. The summed E-state index contributed by atoms with van der Waals surface area (Å²) in [6.07, 6.45) is 1.83. The van der Waals surface area contributed by atoms with E-state index in [1.807, 2.05) is 29.5 Å². The van der Waals surface area contributed by atoms with Crippen LogP contribution in [-0.4, -0.2) is 26.1 Å². The quantitative estimate of drug-likeness (QED) is 0.918. The summed E-state index contributed by atoms with van der Waals surface area (Å²) in [6, 6.07) is 2.23. The third kappa shape index (κ3) is 2.74. The van der Waals surface area contributed by atoms with Crippen molar-refractivity contribution in [3.63, 3.8) is 0 Å². The van der Waals surface area contributed by atoms with Crippen molar-refractivity contribution in [3.05, 3.63) is 33.8 Å². The van der Waals surface area contributed by atoms with Crippen LogP contribution in [0.4, 0.5) is 0 Å². The molecule has 1 unspecified atom stereocenters. The number of rotatable bonds is 5. The first-order valence-corrected chi connectivity index (χ1v) is 7.32. The zero-order valence-corrected chi connectivity index (χ0v) is 13.4. The number of nitrogens with one attached hydrogen (secondary N) is 1. The van der Waals surface area contributed by atoms with Gasteiger partial charge in [-0.2, -0.15) is 10.2 Å². The average molecular weight is 326 g/mol. The lowest BCUT2D eigenvalue weighted by Crippen LogP contribution is -2.27. The second-order valence-corrected chi connectivity index (χ2v) is 5.37. The lowest BCUT2D eigenvalue weighted by Gasteiger charge is -2.20. The normalized spacial score (nSPS) is 12.9. The molecule has 1 atom stereocenters. The third-order valence-corrected chi connectivity index (χ3v) is 3.76. The molecule has 0 fully saturated rings. The molecule has 5 nitrogen and oxygen atoms in total. The van der Waals surface area contributed by atoms with Crippen molar-refractivity contribution in [1.82, 2.24) is 24.9 Å². The molecule has 0 aromatic carbocycles. The fourth-order valence-electron chi connectivity index (χ4n) is 2.34. The van der Waals surface area contributed by atoms with Gasteiger partial charge in [-0.05, 0) is 42.4 Å². The van der Waals surface area contributed by atoms with Gasteiger partial charge < -0.3 is 5.32 Å². The summed E-state index contributed by atoms with van der Waals surface area (Å²) in [7, 11) is 1.96. The fourth-order valence-corrected chi connectivity index (χ4v) is 2.92. The molecule has 2 aromatic heterocycles. The number of aromatic nitrogens is 4. The summed E-state index contributed by atoms with van der Waals surface area (Å²) in [5, 5.41) is 12.4. The molecule has 6 heteroatoms. The highest BCUT2D eigenvalue weighted by molar-refractivity contribution is 9.10. The maximum Gasteiger partial charge on any atom is 0.0930 e. The molecule has 0 saturated heterocycles. The van der Waals surface area contributed by atoms with Crippen LogP contribution in [-0.2, 0) is 13.6 Å². The molecular formula is C13H20BrN5. The number of aryl methyl sites for hydroxylation is 3. The van der Waals surface area contributed by atoms with Crippen LogP contribution < -0.4 is 5.32 Å². The van der Waals surface area contributed by atoms with Crippen molar-refractivity contribution >= 4 is 15.9 Å². The van der Waals surface area contributed by atoms with Gasteiger partial charge in [0.05, 0.1) is 33.8 Å². The summed E-state index contributed by atoms with van der Waals surface area (Å²) in [6.45, 7) is 7.99. The lowest BCUT2D eigenvalue weighted by molar-refractivity contribution is 0.513. The molecule has 1 N–H and O–H groups in total. The highest BCUT2D eigenvalue weighted by Gasteiger charge is 2.23. The van der Waals surface area contributed by atoms with E-state index in [0.29, 0.717) is 0 Å². The Bertz CT molecular complexity index is 538. The van der Waals surface area contributed by atoms with Crippen molar-refractivity contribution in [2.45, 2.75) is 33.4 Å². The van der Waals surface area contributed by atoms with Crippen molar-refractivity contribution in [2.75, 3.05) is 6.54 Å². The Morgan fingerprint density at radius 2 is 2.16 bits per heavy atom. The molecule has 0 saturated carbocycles. The van der Waals surface area contributed by atoms with Gasteiger partial charge in [0.2, 0.25) is 0 Å². The molecule has 2 heterocycles. The largest absolute Gasteiger partial charge is 0.304 e. The minimum absolute atomic E-state index is 0.0908. The summed E-state index contributed by atoms with van der Waals surface area (Å²) < 4.78 is 4.96. The van der Waals surface area contributed by atoms with Gasteiger partial charge in [0.15, 0.2) is 0 Å². The molecule has 19 heavy (non-hydrogen) atoms. The van der Waals surface area contributed by atoms with E-state index < -0.39 is 0 Å². The minimum atomic E-state index is 0.0908. The van der Waals surface area contributed by atoms with Crippen LogP contribution in [0.2, 0.25) is 0 Å². The van der Waals surface area contributed by atoms with Gasteiger partial charge in [0, 0.05) is 13.6 Å². The predicted molar refractivity (Wildman–Crippen MR) is 79.1 cm³/mol. The van der Waals surface area contributed by atoms with E-state index in [0.717, 1.165) is 29.0 Å². The summed E-state index contributed by atoms with van der Waals surface area (Å²) in [5.41, 5.74) is 3.33. The van der Waals surface area contributed by atoms with Gasteiger partial charge >= 0.3 is 0 Å². The van der Waals surface area contributed by atoms with Gasteiger partial charge in [-0.15, -0.1) is 0 Å². The maximum absolute atomic E-state index is 4.53. The van der Waals surface area contributed by atoms with Gasteiger partial charge in [-0.3, -0.25) is 9.36 Å². The SMILES string of the molecule is CCNC(c1c(Br)cnn1C)c1cc(C)nn1CC. The molecular weight excluding hydrogens is 306 g/mol. The van der Waals surface area contributed by atoms with Gasteiger partial charge in [0.25, 0.3) is 0 Å². The van der Waals surface area contributed by atoms with E-state index in [2.05, 4.69) is 51.4 Å². The summed E-state index contributed by atoms with van der Waals surface area (Å²) >= 11 is 3.59. The molecule has 0 radical (unpaired) electrons. The molecule has 0 bridgehead atoms. The monoisotopic (exact) mass is 325 g/mol. The Morgan fingerprint density at radius 3 is 2.68 bits per heavy atom. The van der Waals surface area contributed by atoms with E-state index in [9.17, 15) is 0 Å². The third-order valence-electron chi connectivity index (χ3n) is 3.15. The second kappa shape index (κ2) is 5.88. The topological polar surface area (TPSA) is 47.7 Å². The number of halogens is 1. The molecule has 0 spiro atoms. The molecule has 0 aliphatic heterocycles. The van der Waals surface area contributed by atoms with Crippen molar-refractivity contribution in [3.8, 4) is 0 Å². The van der Waals surface area contributed by atoms with Gasteiger partial charge in [0.1, 0.15) is 0 Å². The van der Waals surface area contributed by atoms with Crippen molar-refractivity contribution in [2.24, 2.45) is 7.05 Å². The Hall–Kier alpha value is -1.14. The molecule has 0 amide bonds. The van der Waals surface area contributed by atoms with Crippen molar-refractivity contribution < 1.29 is 0 Å². The Labute approximate surface area is 122 Å². The Balaban J connectivity index is 2.51. The van der Waals surface area contributed by atoms with Crippen LogP contribution in [0.1, 0.15) is 37.0 Å². The first-order valence-electron chi connectivity index (χ1n) is 6.53. The zero-order chi connectivity index (χ0) is 14.0. The maximum atomic E-state index is 4.53. The van der Waals surface area contributed by atoms with Crippen LogP contribution in [0.25, 0.3) is 0 Å². The second-order valence-electron chi connectivity index (χ2n) is 4.52. The molecule has 0 aliphatic rings. The van der Waals surface area contributed by atoms with Gasteiger partial charge in [-0.1, -0.05) is 6.92 Å². The fraction of sp³-hybridized carbons (Fsp3) is 0.538. The van der Waals surface area contributed by atoms with E-state index >= 15 is 0 Å². The van der Waals surface area contributed by atoms with Crippen LogP contribution in [0.5, 0.6) is 0 Å². The highest BCUT2D eigenvalue weighted by atomic mass is 79.9. The van der Waals surface area contributed by atoms with E-state index in [1.54, 1.807) is 0 Å². The first-order chi connectivity index (χ1) is 9.08. The summed E-state index contributed by atoms with van der Waals surface area (Å²) in [4.78, 5) is 0. The average Bonchev–Trinajstić information content (AvgIpc) is 2.91. The molecule has 104 valence electrons. The van der Waals surface area contributed by atoms with E-state index in [1.165, 1.54) is 5.69 Å². The number of hydrogen-bond acceptors (Lipinski definition) is 3. The lowest BCUT2D eigenvalue weighted by atomic mass is 10.1. The van der Waals surface area contributed by atoms with Crippen LogP contribution in [0.15, 0.2) is 16.7 Å². The van der Waals surface area contributed by atoms with Crippen LogP contribution in [0, 0.1) is 6.92 Å². The molecule has 2 aromatic rings. The standard InChI is InChI=1S/C13H20BrN5/c1-5-15-12(13-10(14)8-16-18(13)4)11-7-9(3)17-19(11)6-2/h7-8,12,15H,5-6H2,1-4H3. The first kappa shape index (κ1) is 14.3. The highest BCUT2D eigenvalue weighted by Crippen LogP contribution is 2.28. The van der Waals surface area contributed by atoms with E-state index in [-0.39, 0.29) is 6.04 Å². The minimum Gasteiger partial charge on any atom is -0.304 e. The van der Waals surface area contributed by atoms with Gasteiger partial charge in [-0.25, -0.2) is 0 Å². The van der Waals surface area contributed by atoms with Crippen molar-refractivity contribution in [1.29, 1.82) is 0 Å². The van der Waals surface area contributed by atoms with E-state index in [4.69, 9.17) is 0 Å². The zero-order valence-electron chi connectivity index (χ0n) is 11.8. The predicted octanol–water partition coefficient (Wildman–Crippen LogP) is 2.41. The van der Waals surface area contributed by atoms with Crippen LogP contribution in [0.3, 0.4) is 0 Å². The number of nitrogens with zero attached hydrogens (tertiary/aromatic N) is 4. The molecule has 2 rings (SSSR count). The summed E-state index contributed by atoms with van der Waals surface area (Å²) in [5.74, 6) is 0. The van der Waals surface area contributed by atoms with Crippen LogP contribution >= 0.6 is 15.9 Å². The Morgan fingerprint density at radius 1 is 1.42 bits per heavy atom. The molecule has 0 aliphatic carbocycles. The Kier molecular flexibility index (Phi) is 4.42.